The molecule has 0 aliphatic carbocycles. The Morgan fingerprint density at radius 1 is 1.35 bits per heavy atom. The summed E-state index contributed by atoms with van der Waals surface area (Å²) in [6.45, 7) is 7.19. The Kier molecular flexibility index (Phi) is 6.97. The smallest absolute Gasteiger partial charge is 0.167 e. The summed E-state index contributed by atoms with van der Waals surface area (Å²) < 4.78 is 5.41. The summed E-state index contributed by atoms with van der Waals surface area (Å²) in [6, 6.07) is 3.97. The minimum atomic E-state index is 0.144. The topological polar surface area (TPSA) is 29.5 Å². The number of nitrogens with zero attached hydrogens (tertiary/aromatic N) is 1. The number of ether oxygens (including phenoxy) is 1. The van der Waals surface area contributed by atoms with Gasteiger partial charge in [-0.15, -0.1) is 0 Å². The number of likely N-dealkylation sites (tertiary alicyclic amines) is 1. The van der Waals surface area contributed by atoms with Crippen molar-refractivity contribution in [2.75, 3.05) is 38.8 Å². The first-order chi connectivity index (χ1) is 11.1. The van der Waals surface area contributed by atoms with Gasteiger partial charge in [-0.1, -0.05) is 0 Å². The third-order valence-electron chi connectivity index (χ3n) is 4.65. The van der Waals surface area contributed by atoms with Crippen LogP contribution >= 0.6 is 11.8 Å². The molecule has 1 aromatic rings. The summed E-state index contributed by atoms with van der Waals surface area (Å²) in [4.78, 5) is 15.4. The fourth-order valence-corrected chi connectivity index (χ4v) is 3.97. The van der Waals surface area contributed by atoms with Crippen molar-refractivity contribution >= 4 is 17.5 Å². The minimum Gasteiger partial charge on any atom is -0.496 e. The Morgan fingerprint density at radius 2 is 2.04 bits per heavy atom. The molecule has 0 spiro atoms. The zero-order chi connectivity index (χ0) is 16.8. The summed E-state index contributed by atoms with van der Waals surface area (Å²) in [7, 11) is 1.68. The van der Waals surface area contributed by atoms with Gasteiger partial charge in [0.15, 0.2) is 5.78 Å². The van der Waals surface area contributed by atoms with E-state index >= 15 is 0 Å². The zero-order valence-corrected chi connectivity index (χ0v) is 15.7. The van der Waals surface area contributed by atoms with Gasteiger partial charge in [0, 0.05) is 18.0 Å². The van der Waals surface area contributed by atoms with Gasteiger partial charge < -0.3 is 9.64 Å². The van der Waals surface area contributed by atoms with Gasteiger partial charge in [0.05, 0.1) is 7.11 Å². The van der Waals surface area contributed by atoms with E-state index in [-0.39, 0.29) is 5.92 Å². The molecule has 0 saturated carbocycles. The van der Waals surface area contributed by atoms with Gasteiger partial charge in [-0.3, -0.25) is 4.79 Å². The molecular formula is C19H29NO2S. The van der Waals surface area contributed by atoms with E-state index in [1.54, 1.807) is 7.11 Å². The van der Waals surface area contributed by atoms with Crippen LogP contribution in [0.15, 0.2) is 12.1 Å². The number of ketones is 1. The van der Waals surface area contributed by atoms with Crippen molar-refractivity contribution < 1.29 is 9.53 Å². The summed E-state index contributed by atoms with van der Waals surface area (Å²) in [5.74, 6) is 2.54. The molecule has 0 N–H and O–H groups in total. The highest BCUT2D eigenvalue weighted by atomic mass is 32.2. The van der Waals surface area contributed by atoms with Crippen molar-refractivity contribution in [2.24, 2.45) is 5.92 Å². The van der Waals surface area contributed by atoms with Crippen LogP contribution in [0.1, 0.15) is 40.7 Å². The number of aryl methyl sites for hydroxylation is 2. The van der Waals surface area contributed by atoms with Gasteiger partial charge >= 0.3 is 0 Å². The lowest BCUT2D eigenvalue weighted by Crippen LogP contribution is -2.39. The highest BCUT2D eigenvalue weighted by molar-refractivity contribution is 7.98. The van der Waals surface area contributed by atoms with Crippen molar-refractivity contribution in [1.82, 2.24) is 4.90 Å². The van der Waals surface area contributed by atoms with Gasteiger partial charge in [0.2, 0.25) is 0 Å². The van der Waals surface area contributed by atoms with E-state index < -0.39 is 0 Å². The molecule has 4 heteroatoms. The molecule has 1 fully saturated rings. The Balaban J connectivity index is 2.05. The van der Waals surface area contributed by atoms with Crippen LogP contribution in [0, 0.1) is 19.8 Å². The molecule has 0 amide bonds. The first kappa shape index (κ1) is 18.3. The number of piperidine rings is 1. The van der Waals surface area contributed by atoms with Crippen LogP contribution in [0.4, 0.5) is 0 Å². The van der Waals surface area contributed by atoms with E-state index in [0.29, 0.717) is 5.78 Å². The molecule has 3 nitrogen and oxygen atoms in total. The lowest BCUT2D eigenvalue weighted by molar-refractivity contribution is 0.0820. The Morgan fingerprint density at radius 3 is 2.65 bits per heavy atom. The molecule has 23 heavy (non-hydrogen) atoms. The average Bonchev–Trinajstić information content (AvgIpc) is 2.54. The molecule has 1 atom stereocenters. The molecule has 1 aromatic carbocycles. The maximum Gasteiger partial charge on any atom is 0.167 e. The Labute approximate surface area is 144 Å². The standard InChI is InChI=1S/C19H29NO2S/c1-14-11-17(12-15(2)19(14)22-3)18(21)16-7-5-8-20(13-16)9-6-10-23-4/h11-12,16H,5-10,13H2,1-4H3. The van der Waals surface area contributed by atoms with Crippen molar-refractivity contribution in [3.63, 3.8) is 0 Å². The Hall–Kier alpha value is -1.00. The first-order valence-electron chi connectivity index (χ1n) is 8.47. The van der Waals surface area contributed by atoms with Crippen molar-refractivity contribution in [3.8, 4) is 5.75 Å². The fraction of sp³-hybridized carbons (Fsp3) is 0.632. The van der Waals surface area contributed by atoms with Crippen LogP contribution in [-0.2, 0) is 0 Å². The van der Waals surface area contributed by atoms with Crippen molar-refractivity contribution in [2.45, 2.75) is 33.1 Å². The van der Waals surface area contributed by atoms with Crippen LogP contribution in [0.25, 0.3) is 0 Å². The number of carbonyl (C=O) groups is 1. The maximum atomic E-state index is 12.9. The van der Waals surface area contributed by atoms with Crippen LogP contribution < -0.4 is 4.74 Å². The zero-order valence-electron chi connectivity index (χ0n) is 14.9. The second-order valence-electron chi connectivity index (χ2n) is 6.49. The van der Waals surface area contributed by atoms with E-state index in [4.69, 9.17) is 4.74 Å². The van der Waals surface area contributed by atoms with Gasteiger partial charge in [0.1, 0.15) is 5.75 Å². The third-order valence-corrected chi connectivity index (χ3v) is 5.35. The number of thioether (sulfide) groups is 1. The third kappa shape index (κ3) is 4.74. The second kappa shape index (κ2) is 8.74. The van der Waals surface area contributed by atoms with Gasteiger partial charge in [0.25, 0.3) is 0 Å². The van der Waals surface area contributed by atoms with Crippen LogP contribution in [0.3, 0.4) is 0 Å². The van der Waals surface area contributed by atoms with E-state index in [2.05, 4.69) is 11.2 Å². The summed E-state index contributed by atoms with van der Waals surface area (Å²) in [6.07, 6.45) is 5.51. The van der Waals surface area contributed by atoms with Gasteiger partial charge in [-0.2, -0.15) is 11.8 Å². The molecule has 2 rings (SSSR count). The van der Waals surface area contributed by atoms with E-state index in [0.717, 1.165) is 54.9 Å². The predicted octanol–water partition coefficient (Wildman–Crippen LogP) is 3.96. The number of Topliss-reactive ketones (excluding diaryl/α,β-unsaturated/α-hetero) is 1. The first-order valence-corrected chi connectivity index (χ1v) is 9.87. The lowest BCUT2D eigenvalue weighted by atomic mass is 9.88. The molecule has 0 radical (unpaired) electrons. The number of carbonyl (C=O) groups excluding carboxylic acids is 1. The van der Waals surface area contributed by atoms with Crippen LogP contribution in [0.2, 0.25) is 0 Å². The molecule has 1 aliphatic rings. The maximum absolute atomic E-state index is 12.9. The van der Waals surface area contributed by atoms with E-state index in [1.807, 2.05) is 37.7 Å². The fourth-order valence-electron chi connectivity index (χ4n) is 3.56. The molecule has 1 unspecified atom stereocenters. The molecule has 128 valence electrons. The predicted molar refractivity (Wildman–Crippen MR) is 99.0 cm³/mol. The normalized spacial score (nSPS) is 18.9. The highest BCUT2D eigenvalue weighted by Gasteiger charge is 2.27. The molecular weight excluding hydrogens is 306 g/mol. The number of benzene rings is 1. The highest BCUT2D eigenvalue weighted by Crippen LogP contribution is 2.27. The average molecular weight is 336 g/mol. The SMILES string of the molecule is COc1c(C)cc(C(=O)C2CCCN(CCCSC)C2)cc1C. The van der Waals surface area contributed by atoms with Gasteiger partial charge in [-0.25, -0.2) is 0 Å². The van der Waals surface area contributed by atoms with Crippen molar-refractivity contribution in [3.05, 3.63) is 28.8 Å². The minimum absolute atomic E-state index is 0.144. The lowest BCUT2D eigenvalue weighted by Gasteiger charge is -2.32. The largest absolute Gasteiger partial charge is 0.496 e. The van der Waals surface area contributed by atoms with E-state index in [1.165, 1.54) is 12.2 Å². The summed E-state index contributed by atoms with van der Waals surface area (Å²) in [5, 5.41) is 0. The van der Waals surface area contributed by atoms with Crippen molar-refractivity contribution in [1.29, 1.82) is 0 Å². The Bertz CT molecular complexity index is 521. The van der Waals surface area contributed by atoms with Gasteiger partial charge in [-0.05, 0) is 81.5 Å². The number of rotatable bonds is 7. The summed E-state index contributed by atoms with van der Waals surface area (Å²) in [5.41, 5.74) is 2.93. The quantitative estimate of drug-likeness (QED) is 0.557. The van der Waals surface area contributed by atoms with Crippen LogP contribution in [-0.4, -0.2) is 49.4 Å². The van der Waals surface area contributed by atoms with E-state index in [9.17, 15) is 4.79 Å². The molecule has 0 aromatic heterocycles. The molecule has 1 aliphatic heterocycles. The number of hydrogen-bond acceptors (Lipinski definition) is 4. The monoisotopic (exact) mass is 335 g/mol. The number of methoxy groups -OCH3 is 1. The molecule has 1 saturated heterocycles. The molecule has 0 bridgehead atoms. The summed E-state index contributed by atoms with van der Waals surface area (Å²) >= 11 is 1.90. The second-order valence-corrected chi connectivity index (χ2v) is 7.48. The van der Waals surface area contributed by atoms with Crippen LogP contribution in [0.5, 0.6) is 5.75 Å². The molecule has 1 heterocycles. The number of hydrogen-bond donors (Lipinski definition) is 0.